The topological polar surface area (TPSA) is 44.8 Å². The molecule has 2 rings (SSSR count). The van der Waals surface area contributed by atoms with Gasteiger partial charge in [0.05, 0.1) is 12.7 Å². The molecule has 1 heterocycles. The van der Waals surface area contributed by atoms with Crippen LogP contribution in [0.15, 0.2) is 30.3 Å². The maximum Gasteiger partial charge on any atom is 0.306 e. The molecule has 0 spiro atoms. The quantitative estimate of drug-likeness (QED) is 0.570. The Morgan fingerprint density at radius 1 is 1.29 bits per heavy atom. The van der Waals surface area contributed by atoms with E-state index in [1.807, 2.05) is 44.2 Å². The van der Waals surface area contributed by atoms with E-state index in [0.29, 0.717) is 19.6 Å². The zero-order valence-corrected chi connectivity index (χ0v) is 12.8. The molecule has 1 aromatic rings. The van der Waals surface area contributed by atoms with Crippen LogP contribution in [0.5, 0.6) is 0 Å². The summed E-state index contributed by atoms with van der Waals surface area (Å²) in [4.78, 5) is 11.6. The predicted molar refractivity (Wildman–Crippen MR) is 79.6 cm³/mol. The lowest BCUT2D eigenvalue weighted by molar-refractivity contribution is -0.145. The van der Waals surface area contributed by atoms with E-state index in [1.165, 1.54) is 0 Å². The summed E-state index contributed by atoms with van der Waals surface area (Å²) >= 11 is 0. The molecular weight excluding hydrogens is 268 g/mol. The van der Waals surface area contributed by atoms with Crippen LogP contribution >= 0.6 is 0 Å². The summed E-state index contributed by atoms with van der Waals surface area (Å²) in [6.07, 6.45) is 3.32. The van der Waals surface area contributed by atoms with E-state index in [0.717, 1.165) is 24.8 Å². The van der Waals surface area contributed by atoms with Gasteiger partial charge in [-0.2, -0.15) is 0 Å². The number of ether oxygens (including phenoxy) is 3. The molecule has 21 heavy (non-hydrogen) atoms. The minimum atomic E-state index is -0.459. The zero-order chi connectivity index (χ0) is 15.1. The van der Waals surface area contributed by atoms with Gasteiger partial charge in [-0.15, -0.1) is 0 Å². The molecule has 1 aliphatic rings. The van der Waals surface area contributed by atoms with Gasteiger partial charge in [-0.25, -0.2) is 0 Å². The number of benzene rings is 1. The van der Waals surface area contributed by atoms with Crippen LogP contribution in [0, 0.1) is 0 Å². The molecule has 0 N–H and O–H groups in total. The van der Waals surface area contributed by atoms with Crippen LogP contribution in [0.2, 0.25) is 0 Å². The second-order valence-electron chi connectivity index (χ2n) is 5.84. The summed E-state index contributed by atoms with van der Waals surface area (Å²) in [5.74, 6) is -0.595. The molecule has 0 saturated carbocycles. The standard InChI is InChI=1S/C17H24O4/c1-17(2)20-13-15(21-17)10-6-7-11-16(18)19-12-14-8-4-3-5-9-14/h3-5,8-9,15H,6-7,10-13H2,1-2H3. The highest BCUT2D eigenvalue weighted by molar-refractivity contribution is 5.69. The molecule has 1 unspecified atom stereocenters. The van der Waals surface area contributed by atoms with Gasteiger partial charge in [-0.1, -0.05) is 36.8 Å². The molecule has 0 amide bonds. The summed E-state index contributed by atoms with van der Waals surface area (Å²) in [5, 5.41) is 0. The number of hydrogen-bond donors (Lipinski definition) is 0. The maximum atomic E-state index is 11.6. The number of carbonyl (C=O) groups is 1. The molecule has 116 valence electrons. The highest BCUT2D eigenvalue weighted by atomic mass is 16.7. The van der Waals surface area contributed by atoms with Crippen molar-refractivity contribution in [2.24, 2.45) is 0 Å². The molecule has 1 aromatic carbocycles. The third kappa shape index (κ3) is 5.86. The summed E-state index contributed by atoms with van der Waals surface area (Å²) in [6, 6.07) is 9.73. The van der Waals surface area contributed by atoms with Gasteiger partial charge < -0.3 is 14.2 Å². The van der Waals surface area contributed by atoms with Crippen LogP contribution in [0.1, 0.15) is 45.1 Å². The van der Waals surface area contributed by atoms with E-state index in [9.17, 15) is 4.79 Å². The average Bonchev–Trinajstić information content (AvgIpc) is 2.82. The van der Waals surface area contributed by atoms with E-state index in [2.05, 4.69) is 0 Å². The van der Waals surface area contributed by atoms with E-state index >= 15 is 0 Å². The van der Waals surface area contributed by atoms with Crippen molar-refractivity contribution < 1.29 is 19.0 Å². The summed E-state index contributed by atoms with van der Waals surface area (Å²) < 4.78 is 16.5. The van der Waals surface area contributed by atoms with Crippen molar-refractivity contribution in [3.05, 3.63) is 35.9 Å². The van der Waals surface area contributed by atoms with Crippen molar-refractivity contribution >= 4 is 5.97 Å². The summed E-state index contributed by atoms with van der Waals surface area (Å²) in [7, 11) is 0. The van der Waals surface area contributed by atoms with Gasteiger partial charge in [-0.3, -0.25) is 4.79 Å². The van der Waals surface area contributed by atoms with Crippen molar-refractivity contribution in [2.45, 2.75) is 58.0 Å². The van der Waals surface area contributed by atoms with Crippen LogP contribution in [0.3, 0.4) is 0 Å². The van der Waals surface area contributed by atoms with Gasteiger partial charge in [0.1, 0.15) is 6.61 Å². The minimum Gasteiger partial charge on any atom is -0.461 e. The van der Waals surface area contributed by atoms with Crippen molar-refractivity contribution in [1.29, 1.82) is 0 Å². The number of rotatable bonds is 7. The van der Waals surface area contributed by atoms with Crippen molar-refractivity contribution in [3.8, 4) is 0 Å². The number of carbonyl (C=O) groups excluding carboxylic acids is 1. The lowest BCUT2D eigenvalue weighted by Gasteiger charge is -2.16. The Balaban J connectivity index is 1.54. The first-order valence-corrected chi connectivity index (χ1v) is 7.56. The molecule has 0 radical (unpaired) electrons. The molecule has 1 atom stereocenters. The lowest BCUT2D eigenvalue weighted by Crippen LogP contribution is -2.21. The Morgan fingerprint density at radius 2 is 2.05 bits per heavy atom. The largest absolute Gasteiger partial charge is 0.461 e. The zero-order valence-electron chi connectivity index (χ0n) is 12.8. The fraction of sp³-hybridized carbons (Fsp3) is 0.588. The molecule has 0 aromatic heterocycles. The Kier molecular flexibility index (Phi) is 5.76. The average molecular weight is 292 g/mol. The second-order valence-corrected chi connectivity index (χ2v) is 5.84. The van der Waals surface area contributed by atoms with Crippen LogP contribution in [0.4, 0.5) is 0 Å². The molecule has 1 aliphatic heterocycles. The molecule has 4 heteroatoms. The first kappa shape index (κ1) is 16.0. The van der Waals surface area contributed by atoms with E-state index in [4.69, 9.17) is 14.2 Å². The van der Waals surface area contributed by atoms with Gasteiger partial charge in [0, 0.05) is 6.42 Å². The molecule has 1 saturated heterocycles. The van der Waals surface area contributed by atoms with Crippen molar-refractivity contribution in [3.63, 3.8) is 0 Å². The lowest BCUT2D eigenvalue weighted by atomic mass is 10.1. The monoisotopic (exact) mass is 292 g/mol. The smallest absolute Gasteiger partial charge is 0.306 e. The SMILES string of the molecule is CC1(C)OCC(CCCCC(=O)OCc2ccccc2)O1. The molecular formula is C17H24O4. The number of esters is 1. The minimum absolute atomic E-state index is 0.136. The second kappa shape index (κ2) is 7.57. The predicted octanol–water partition coefficient (Wildman–Crippen LogP) is 3.44. The summed E-state index contributed by atoms with van der Waals surface area (Å²) in [5.41, 5.74) is 1.02. The highest BCUT2D eigenvalue weighted by Crippen LogP contribution is 2.25. The Morgan fingerprint density at radius 3 is 2.71 bits per heavy atom. The molecule has 4 nitrogen and oxygen atoms in total. The number of hydrogen-bond acceptors (Lipinski definition) is 4. The number of unbranched alkanes of at least 4 members (excludes halogenated alkanes) is 1. The van der Waals surface area contributed by atoms with Gasteiger partial charge in [0.15, 0.2) is 5.79 Å². The Hall–Kier alpha value is -1.39. The van der Waals surface area contributed by atoms with Gasteiger partial charge in [0.25, 0.3) is 0 Å². The Labute approximate surface area is 126 Å². The Bertz CT molecular complexity index is 441. The molecule has 0 aliphatic carbocycles. The fourth-order valence-electron chi connectivity index (χ4n) is 2.36. The van der Waals surface area contributed by atoms with Gasteiger partial charge in [-0.05, 0) is 32.3 Å². The van der Waals surface area contributed by atoms with Crippen LogP contribution in [-0.2, 0) is 25.6 Å². The first-order chi connectivity index (χ1) is 10.1. The third-order valence-corrected chi connectivity index (χ3v) is 3.47. The van der Waals surface area contributed by atoms with Crippen molar-refractivity contribution in [1.82, 2.24) is 0 Å². The van der Waals surface area contributed by atoms with E-state index in [1.54, 1.807) is 0 Å². The molecule has 0 bridgehead atoms. The van der Waals surface area contributed by atoms with Crippen LogP contribution in [0.25, 0.3) is 0 Å². The normalized spacial score (nSPS) is 20.4. The molecule has 1 fully saturated rings. The van der Waals surface area contributed by atoms with E-state index in [-0.39, 0.29) is 12.1 Å². The fourth-order valence-corrected chi connectivity index (χ4v) is 2.36. The van der Waals surface area contributed by atoms with E-state index < -0.39 is 5.79 Å². The van der Waals surface area contributed by atoms with Crippen molar-refractivity contribution in [2.75, 3.05) is 6.61 Å². The highest BCUT2D eigenvalue weighted by Gasteiger charge is 2.31. The first-order valence-electron chi connectivity index (χ1n) is 7.56. The van der Waals surface area contributed by atoms with Gasteiger partial charge in [0.2, 0.25) is 0 Å². The van der Waals surface area contributed by atoms with Gasteiger partial charge >= 0.3 is 5.97 Å². The van der Waals surface area contributed by atoms with Crippen LogP contribution < -0.4 is 0 Å². The third-order valence-electron chi connectivity index (χ3n) is 3.47. The maximum absolute atomic E-state index is 11.6. The van der Waals surface area contributed by atoms with Crippen LogP contribution in [-0.4, -0.2) is 24.5 Å². The summed E-state index contributed by atoms with van der Waals surface area (Å²) in [6.45, 7) is 4.85.